The van der Waals surface area contributed by atoms with E-state index in [0.29, 0.717) is 65.0 Å². The Balaban J connectivity index is 1.02. The van der Waals surface area contributed by atoms with Gasteiger partial charge in [-0.25, -0.2) is 0 Å². The number of fused-ring (bicyclic) bond motifs is 1. The zero-order chi connectivity index (χ0) is 39.3. The van der Waals surface area contributed by atoms with Crippen LogP contribution >= 0.6 is 0 Å². The van der Waals surface area contributed by atoms with Crippen molar-refractivity contribution in [2.75, 3.05) is 23.7 Å². The van der Waals surface area contributed by atoms with E-state index in [0.717, 1.165) is 29.5 Å². The number of carbonyl (C=O) groups is 5. The van der Waals surface area contributed by atoms with Gasteiger partial charge in [0, 0.05) is 40.9 Å². The van der Waals surface area contributed by atoms with Crippen LogP contribution in [0.5, 0.6) is 0 Å². The van der Waals surface area contributed by atoms with Gasteiger partial charge in [0.25, 0.3) is 0 Å². The Labute approximate surface area is 330 Å². The number of carbonyl (C=O) groups excluding carboxylic acids is 5. The largest absolute Gasteiger partial charge is 0.354 e. The highest BCUT2D eigenvalue weighted by atomic mass is 16.2. The van der Waals surface area contributed by atoms with Crippen LogP contribution in [-0.2, 0) is 32.0 Å². The Bertz CT molecular complexity index is 2430. The molecular weight excluding hydrogens is 715 g/mol. The molecule has 4 amide bonds. The Kier molecular flexibility index (Phi) is 10.8. The van der Waals surface area contributed by atoms with E-state index < -0.39 is 12.1 Å². The van der Waals surface area contributed by atoms with Crippen molar-refractivity contribution in [1.82, 2.24) is 14.8 Å². The van der Waals surface area contributed by atoms with Gasteiger partial charge in [0.1, 0.15) is 12.1 Å². The van der Waals surface area contributed by atoms with Gasteiger partial charge in [-0.2, -0.15) is 0 Å². The van der Waals surface area contributed by atoms with Crippen LogP contribution in [0.3, 0.4) is 0 Å². The number of nitrogens with one attached hydrogen (secondary N) is 3. The molecule has 10 heteroatoms. The molecule has 10 nitrogen and oxygen atoms in total. The molecule has 286 valence electrons. The van der Waals surface area contributed by atoms with E-state index in [-0.39, 0.29) is 42.3 Å². The predicted octanol–water partition coefficient (Wildman–Crippen LogP) is 7.41. The molecule has 57 heavy (non-hydrogen) atoms. The molecule has 0 bridgehead atoms. The standard InChI is InChI=1S/C47H43N5O5/c53-41(28-31-12-4-1-5-13-31)51-26-10-18-39(51)46(56)48-35-22-20-33(21-23-35)44-43(45(55)34-16-8-3-9-17-34)37-30-36(24-25-38(37)50-44)49-47(57)40-19-11-27-52(40)42(54)29-32-14-6-2-7-15-32/h1-9,12-17,20-25,30,39-40,50H,10-11,18-19,26-29H2,(H,48,56)(H,49,57)/t39-,40-/m0/s1. The van der Waals surface area contributed by atoms with Crippen molar-refractivity contribution >= 4 is 51.7 Å². The highest BCUT2D eigenvalue weighted by Gasteiger charge is 2.35. The lowest BCUT2D eigenvalue weighted by atomic mass is 9.97. The monoisotopic (exact) mass is 757 g/mol. The number of aromatic nitrogens is 1. The summed E-state index contributed by atoms with van der Waals surface area (Å²) in [5.41, 5.74) is 5.91. The maximum atomic E-state index is 14.2. The van der Waals surface area contributed by atoms with E-state index in [1.165, 1.54) is 0 Å². The summed E-state index contributed by atoms with van der Waals surface area (Å²) < 4.78 is 0. The molecule has 8 rings (SSSR count). The second-order valence-electron chi connectivity index (χ2n) is 14.7. The first-order valence-corrected chi connectivity index (χ1v) is 19.5. The van der Waals surface area contributed by atoms with E-state index in [4.69, 9.17) is 0 Å². The Morgan fingerprint density at radius 1 is 0.579 bits per heavy atom. The summed E-state index contributed by atoms with van der Waals surface area (Å²) in [5.74, 6) is -0.837. The minimum absolute atomic E-state index is 0.0687. The maximum absolute atomic E-state index is 14.2. The van der Waals surface area contributed by atoms with Gasteiger partial charge in [0.05, 0.1) is 24.1 Å². The molecule has 0 saturated carbocycles. The second kappa shape index (κ2) is 16.5. The minimum Gasteiger partial charge on any atom is -0.354 e. The van der Waals surface area contributed by atoms with Crippen molar-refractivity contribution in [2.45, 2.75) is 50.6 Å². The summed E-state index contributed by atoms with van der Waals surface area (Å²) in [4.78, 5) is 74.6. The van der Waals surface area contributed by atoms with Crippen molar-refractivity contribution in [3.63, 3.8) is 0 Å². The van der Waals surface area contributed by atoms with Crippen LogP contribution in [0.15, 0.2) is 133 Å². The number of H-pyrrole nitrogens is 1. The first-order valence-electron chi connectivity index (χ1n) is 19.5. The summed E-state index contributed by atoms with van der Waals surface area (Å²) >= 11 is 0. The number of anilines is 2. The van der Waals surface area contributed by atoms with E-state index in [2.05, 4.69) is 15.6 Å². The SMILES string of the molecule is O=C(c1ccccc1)c1c(-c2ccc(NC(=O)[C@@H]3CCCN3C(=O)Cc3ccccc3)cc2)[nH]c2ccc(NC(=O)[C@@H]3CCCN3C(=O)Cc3ccccc3)cc12. The van der Waals surface area contributed by atoms with Crippen LogP contribution in [-0.4, -0.2) is 69.4 Å². The molecule has 3 N–H and O–H groups in total. The van der Waals surface area contributed by atoms with Gasteiger partial charge in [-0.15, -0.1) is 0 Å². The van der Waals surface area contributed by atoms with Crippen molar-refractivity contribution in [1.29, 1.82) is 0 Å². The Morgan fingerprint density at radius 2 is 1.07 bits per heavy atom. The van der Waals surface area contributed by atoms with Crippen molar-refractivity contribution in [2.24, 2.45) is 0 Å². The van der Waals surface area contributed by atoms with Crippen LogP contribution in [0.25, 0.3) is 22.2 Å². The van der Waals surface area contributed by atoms with E-state index in [9.17, 15) is 24.0 Å². The predicted molar refractivity (Wildman–Crippen MR) is 221 cm³/mol. The van der Waals surface area contributed by atoms with Crippen molar-refractivity contribution in [3.05, 3.63) is 156 Å². The maximum Gasteiger partial charge on any atom is 0.247 e. The van der Waals surface area contributed by atoms with E-state index >= 15 is 0 Å². The first-order chi connectivity index (χ1) is 27.8. The van der Waals surface area contributed by atoms with Crippen LogP contribution < -0.4 is 10.6 Å². The number of hydrogen-bond acceptors (Lipinski definition) is 5. The average molecular weight is 758 g/mol. The van der Waals surface area contributed by atoms with Gasteiger partial charge in [-0.05, 0) is 72.7 Å². The number of ketones is 1. The zero-order valence-corrected chi connectivity index (χ0v) is 31.4. The first kappa shape index (κ1) is 37.1. The van der Waals surface area contributed by atoms with Gasteiger partial charge in [-0.3, -0.25) is 24.0 Å². The number of nitrogens with zero attached hydrogens (tertiary/aromatic N) is 2. The quantitative estimate of drug-likeness (QED) is 0.119. The summed E-state index contributed by atoms with van der Waals surface area (Å²) in [6.45, 7) is 1.07. The molecule has 2 atom stereocenters. The lowest BCUT2D eigenvalue weighted by Crippen LogP contribution is -2.43. The topological polar surface area (TPSA) is 132 Å². The van der Waals surface area contributed by atoms with Crippen molar-refractivity contribution < 1.29 is 24.0 Å². The van der Waals surface area contributed by atoms with Crippen LogP contribution in [0.2, 0.25) is 0 Å². The molecule has 2 aliphatic rings. The van der Waals surface area contributed by atoms with Crippen LogP contribution in [0.4, 0.5) is 11.4 Å². The zero-order valence-electron chi connectivity index (χ0n) is 31.4. The summed E-state index contributed by atoms with van der Waals surface area (Å²) in [6.07, 6.45) is 3.15. The van der Waals surface area contributed by atoms with Gasteiger partial charge < -0.3 is 25.4 Å². The molecular formula is C47H43N5O5. The molecule has 2 saturated heterocycles. The molecule has 6 aromatic rings. The van der Waals surface area contributed by atoms with Crippen molar-refractivity contribution in [3.8, 4) is 11.3 Å². The van der Waals surface area contributed by atoms with Gasteiger partial charge in [-0.1, -0.05) is 103 Å². The fraction of sp³-hybridized carbons (Fsp3) is 0.213. The third kappa shape index (κ3) is 8.11. The molecule has 0 spiro atoms. The highest BCUT2D eigenvalue weighted by Crippen LogP contribution is 2.35. The van der Waals surface area contributed by atoms with E-state index in [1.807, 2.05) is 97.1 Å². The highest BCUT2D eigenvalue weighted by molar-refractivity contribution is 6.21. The molecule has 0 radical (unpaired) electrons. The third-order valence-electron chi connectivity index (χ3n) is 10.9. The van der Waals surface area contributed by atoms with Gasteiger partial charge in [0.15, 0.2) is 5.78 Å². The number of rotatable bonds is 11. The molecule has 2 fully saturated rings. The minimum atomic E-state index is -0.588. The molecule has 3 heterocycles. The molecule has 1 aromatic heterocycles. The molecule has 5 aromatic carbocycles. The van der Waals surface area contributed by atoms with Crippen LogP contribution in [0.1, 0.15) is 52.7 Å². The van der Waals surface area contributed by atoms with Gasteiger partial charge >= 0.3 is 0 Å². The number of likely N-dealkylation sites (tertiary alicyclic amines) is 2. The number of amides is 4. The lowest BCUT2D eigenvalue weighted by molar-refractivity contribution is -0.136. The average Bonchev–Trinajstić information content (AvgIpc) is 4.02. The third-order valence-corrected chi connectivity index (χ3v) is 10.9. The van der Waals surface area contributed by atoms with Gasteiger partial charge in [0.2, 0.25) is 23.6 Å². The lowest BCUT2D eigenvalue weighted by Gasteiger charge is -2.24. The Hall–Kier alpha value is -6.81. The fourth-order valence-electron chi connectivity index (χ4n) is 8.05. The second-order valence-corrected chi connectivity index (χ2v) is 14.7. The molecule has 2 aliphatic heterocycles. The molecule has 0 aliphatic carbocycles. The molecule has 0 unspecified atom stereocenters. The number of aromatic amines is 1. The number of benzene rings is 5. The fourth-order valence-corrected chi connectivity index (χ4v) is 8.05. The van der Waals surface area contributed by atoms with Crippen LogP contribution in [0, 0.1) is 0 Å². The normalized spacial score (nSPS) is 16.4. The number of hydrogen-bond donors (Lipinski definition) is 3. The summed E-state index contributed by atoms with van der Waals surface area (Å²) in [5, 5.41) is 6.66. The Morgan fingerprint density at radius 3 is 1.61 bits per heavy atom. The van der Waals surface area contributed by atoms with E-state index in [1.54, 1.807) is 46.2 Å². The summed E-state index contributed by atoms with van der Waals surface area (Å²) in [6, 6.07) is 39.7. The smallest absolute Gasteiger partial charge is 0.247 e. The summed E-state index contributed by atoms with van der Waals surface area (Å²) in [7, 11) is 0.